The van der Waals surface area contributed by atoms with E-state index in [1.807, 2.05) is 0 Å². The second kappa shape index (κ2) is 18.2. The number of carbonyl (C=O) groups is 4. The molecule has 1 unspecified atom stereocenters. The van der Waals surface area contributed by atoms with E-state index in [0.29, 0.717) is 0 Å². The number of hydrogen-bond acceptors (Lipinski definition) is 11. The Bertz CT molecular complexity index is 469. The van der Waals surface area contributed by atoms with Gasteiger partial charge in [0.15, 0.2) is 0 Å². The summed E-state index contributed by atoms with van der Waals surface area (Å²) in [6, 6.07) is 0. The largest absolute Gasteiger partial charge is 1.00 e. The number of carboxylic acids is 3. The van der Waals surface area contributed by atoms with Gasteiger partial charge in [-0.1, -0.05) is 0 Å². The topological polar surface area (TPSA) is 171 Å². The molecule has 0 fully saturated rings. The second-order valence-electron chi connectivity index (χ2n) is 5.08. The number of esters is 1. The molecule has 0 aromatic heterocycles. The van der Waals surface area contributed by atoms with Crippen LogP contribution in [0.15, 0.2) is 0 Å². The van der Waals surface area contributed by atoms with Crippen LogP contribution < -0.4 is 69.3 Å². The van der Waals surface area contributed by atoms with Gasteiger partial charge in [-0.25, -0.2) is 0 Å². The van der Waals surface area contributed by atoms with Crippen LogP contribution in [0.3, 0.4) is 0 Å². The molecule has 2 N–H and O–H groups in total. The van der Waals surface area contributed by atoms with Gasteiger partial charge in [0, 0.05) is 26.2 Å². The normalized spacial score (nSPS) is 11.3. The number of carbonyl (C=O) groups excluding carboxylic acids is 3. The molecule has 0 bridgehead atoms. The van der Waals surface area contributed by atoms with Crippen molar-refractivity contribution in [3.05, 3.63) is 0 Å². The third kappa shape index (κ3) is 19.2. The van der Waals surface area contributed by atoms with E-state index in [2.05, 4.69) is 12.6 Å². The maximum atomic E-state index is 11.7. The molecule has 1 atom stereocenters. The average molecular weight is 426 g/mol. The van der Waals surface area contributed by atoms with E-state index < -0.39 is 55.3 Å². The molecule has 0 aliphatic rings. The molecule has 0 aromatic carbocycles. The number of ether oxygens (including phenoxy) is 1. The van der Waals surface area contributed by atoms with Crippen LogP contribution in [0, 0.1) is 0 Å². The van der Waals surface area contributed by atoms with Crippen molar-refractivity contribution in [3.8, 4) is 0 Å². The van der Waals surface area contributed by atoms with Crippen LogP contribution in [0.4, 0.5) is 0 Å². The number of aliphatic carboxylic acids is 3. The molecule has 0 saturated heterocycles. The summed E-state index contributed by atoms with van der Waals surface area (Å²) >= 11 is 3.91. The zero-order chi connectivity index (χ0) is 19.4. The Hall–Kier alpha value is 0.110. The number of nitrogens with zero attached hydrogens (tertiary/aromatic N) is 2. The number of aliphatic hydroxyl groups excluding tert-OH is 1. The van der Waals surface area contributed by atoms with Gasteiger partial charge < -0.3 is 34.8 Å². The van der Waals surface area contributed by atoms with Crippen LogP contribution in [0.5, 0.6) is 0 Å². The molecule has 0 radical (unpaired) electrons. The first-order chi connectivity index (χ1) is 11.6. The Labute approximate surface area is 206 Å². The van der Waals surface area contributed by atoms with Gasteiger partial charge in [-0.05, 0) is 0 Å². The number of thiol groups is 1. The van der Waals surface area contributed by atoms with E-state index in [9.17, 15) is 29.4 Å². The molecule has 0 amide bonds. The van der Waals surface area contributed by atoms with E-state index in [4.69, 9.17) is 14.9 Å². The molecule has 144 valence electrons. The van der Waals surface area contributed by atoms with Crippen LogP contribution in [0.2, 0.25) is 0 Å². The molecule has 0 aliphatic heterocycles. The van der Waals surface area contributed by atoms with Crippen molar-refractivity contribution in [2.45, 2.75) is 5.25 Å². The molecule has 14 heteroatoms. The van der Waals surface area contributed by atoms with Crippen LogP contribution in [0.25, 0.3) is 0 Å². The van der Waals surface area contributed by atoms with Crippen LogP contribution in [0.1, 0.15) is 0 Å². The number of carboxylic acid groups (broad SMARTS) is 3. The molecular formula is C13H20N2Na2O9S. The quantitative estimate of drug-likeness (QED) is 0.137. The molecule has 27 heavy (non-hydrogen) atoms. The smallest absolute Gasteiger partial charge is 0.549 e. The maximum absolute atomic E-state index is 11.7. The van der Waals surface area contributed by atoms with Crippen molar-refractivity contribution in [2.24, 2.45) is 0 Å². The van der Waals surface area contributed by atoms with Gasteiger partial charge >= 0.3 is 71.1 Å². The number of aliphatic hydroxyl groups is 1. The summed E-state index contributed by atoms with van der Waals surface area (Å²) in [6.45, 7) is -3.05. The minimum atomic E-state index is -1.49. The third-order valence-corrected chi connectivity index (χ3v) is 3.11. The minimum Gasteiger partial charge on any atom is -0.549 e. The van der Waals surface area contributed by atoms with Crippen molar-refractivity contribution in [2.75, 3.05) is 52.5 Å². The minimum absolute atomic E-state index is 0. The fourth-order valence-corrected chi connectivity index (χ4v) is 1.81. The summed E-state index contributed by atoms with van der Waals surface area (Å²) in [4.78, 5) is 45.8. The van der Waals surface area contributed by atoms with E-state index in [0.717, 1.165) is 9.80 Å². The maximum Gasteiger partial charge on any atom is 1.00 e. The van der Waals surface area contributed by atoms with Crippen molar-refractivity contribution >= 4 is 36.5 Å². The van der Waals surface area contributed by atoms with Crippen molar-refractivity contribution in [1.29, 1.82) is 0 Å². The predicted octanol–water partition coefficient (Wildman–Crippen LogP) is -11.0. The van der Waals surface area contributed by atoms with Gasteiger partial charge in [-0.15, -0.1) is 0 Å². The molecule has 11 nitrogen and oxygen atoms in total. The predicted molar refractivity (Wildman–Crippen MR) is 81.3 cm³/mol. The van der Waals surface area contributed by atoms with Crippen LogP contribution >= 0.6 is 12.6 Å². The first-order valence-corrected chi connectivity index (χ1v) is 7.66. The van der Waals surface area contributed by atoms with Crippen molar-refractivity contribution < 1.29 is 103 Å². The SMILES string of the molecule is O=C([O-])CN(CCN(CC(=O)[O-])CC(=O)OCC(S)CO)CC(=O)O.[Na+].[Na+]. The molecular weight excluding hydrogens is 406 g/mol. The zero-order valence-corrected chi connectivity index (χ0v) is 20.2. The van der Waals surface area contributed by atoms with Gasteiger partial charge in [-0.2, -0.15) is 12.6 Å². The molecule has 0 rings (SSSR count). The van der Waals surface area contributed by atoms with E-state index in [-0.39, 0.29) is 85.4 Å². The van der Waals surface area contributed by atoms with Gasteiger partial charge in [0.2, 0.25) is 0 Å². The fraction of sp³-hybridized carbons (Fsp3) is 0.692. The summed E-state index contributed by atoms with van der Waals surface area (Å²) < 4.78 is 4.80. The second-order valence-corrected chi connectivity index (χ2v) is 5.81. The number of hydrogen-bond donors (Lipinski definition) is 3. The van der Waals surface area contributed by atoms with Gasteiger partial charge in [0.1, 0.15) is 6.61 Å². The zero-order valence-electron chi connectivity index (χ0n) is 15.3. The Morgan fingerprint density at radius 3 is 1.74 bits per heavy atom. The monoisotopic (exact) mass is 426 g/mol. The summed E-state index contributed by atoms with van der Waals surface area (Å²) in [5.41, 5.74) is 0. The summed E-state index contributed by atoms with van der Waals surface area (Å²) in [7, 11) is 0. The standard InChI is InChI=1S/C13H22N2O9S.2Na/c16-7-9(25)8-24-13(23)6-15(5-12(21)22)2-1-14(3-10(17)18)4-11(19)20;;/h9,16,25H,1-8H2,(H,17,18)(H,19,20)(H,21,22);;/q;2*+1/p-2. The van der Waals surface area contributed by atoms with Gasteiger partial charge in [0.25, 0.3) is 0 Å². The van der Waals surface area contributed by atoms with Crippen molar-refractivity contribution in [1.82, 2.24) is 9.80 Å². The first-order valence-electron chi connectivity index (χ1n) is 7.14. The third-order valence-electron chi connectivity index (χ3n) is 2.80. The Morgan fingerprint density at radius 1 is 0.926 bits per heavy atom. The fourth-order valence-electron chi connectivity index (χ4n) is 1.74. The molecule has 0 spiro atoms. The Balaban J connectivity index is -0.00000288. The first kappa shape index (κ1) is 31.8. The number of rotatable bonds is 14. The summed E-state index contributed by atoms with van der Waals surface area (Å²) in [6.07, 6.45) is 0. The summed E-state index contributed by atoms with van der Waals surface area (Å²) in [5, 5.41) is 38.3. The van der Waals surface area contributed by atoms with Gasteiger partial charge in [0.05, 0.1) is 36.9 Å². The van der Waals surface area contributed by atoms with Crippen molar-refractivity contribution in [3.63, 3.8) is 0 Å². The van der Waals surface area contributed by atoms with E-state index >= 15 is 0 Å². The Kier molecular flexibility index (Phi) is 21.4. The van der Waals surface area contributed by atoms with Gasteiger partial charge in [-0.3, -0.25) is 19.4 Å². The van der Waals surface area contributed by atoms with Crippen LogP contribution in [-0.2, 0) is 23.9 Å². The van der Waals surface area contributed by atoms with Crippen LogP contribution in [-0.4, -0.2) is 102 Å². The Morgan fingerprint density at radius 2 is 1.37 bits per heavy atom. The van der Waals surface area contributed by atoms with E-state index in [1.165, 1.54) is 0 Å². The molecule has 0 aliphatic carbocycles. The molecule has 0 aromatic rings. The molecule has 0 saturated carbocycles. The summed E-state index contributed by atoms with van der Waals surface area (Å²) in [5.74, 6) is -5.01. The average Bonchev–Trinajstić information content (AvgIpc) is 2.48. The molecule has 0 heterocycles. The van der Waals surface area contributed by atoms with E-state index in [1.54, 1.807) is 0 Å².